The lowest BCUT2D eigenvalue weighted by Gasteiger charge is -2.09. The summed E-state index contributed by atoms with van der Waals surface area (Å²) in [7, 11) is 1.59. The zero-order valence-corrected chi connectivity index (χ0v) is 13.9. The third-order valence-electron chi connectivity index (χ3n) is 3.00. The minimum atomic E-state index is -0.763. The standard InChI is InChI=1S/C11H14O3.C6H12O3/c1-2-9(11(13)14)7-8-3-5-10(12)6-4-8;1-6(7)5-9-4-3-8-2/h3-6,9,12H,2,7H2,1H3,(H,13,14);3-5H2,1-2H3. The number of aromatic hydroxyl groups is 1. The zero-order valence-electron chi connectivity index (χ0n) is 13.9. The number of carboxylic acid groups (broad SMARTS) is 1. The Hall–Kier alpha value is -1.92. The van der Waals surface area contributed by atoms with Gasteiger partial charge >= 0.3 is 5.97 Å². The molecule has 1 aromatic carbocycles. The van der Waals surface area contributed by atoms with E-state index in [1.807, 2.05) is 6.92 Å². The fraction of sp³-hybridized carbons (Fsp3) is 0.529. The van der Waals surface area contributed by atoms with E-state index in [-0.39, 0.29) is 24.1 Å². The molecule has 1 unspecified atom stereocenters. The molecule has 0 saturated heterocycles. The van der Waals surface area contributed by atoms with Crippen LogP contribution in [0.25, 0.3) is 0 Å². The topological polar surface area (TPSA) is 93.1 Å². The predicted molar refractivity (Wildman–Crippen MR) is 86.6 cm³/mol. The maximum atomic E-state index is 10.8. The van der Waals surface area contributed by atoms with Gasteiger partial charge in [-0.25, -0.2) is 0 Å². The normalized spacial score (nSPS) is 11.3. The molecule has 0 aromatic heterocycles. The fourth-order valence-electron chi connectivity index (χ4n) is 1.68. The van der Waals surface area contributed by atoms with Crippen molar-refractivity contribution in [1.82, 2.24) is 0 Å². The molecule has 6 heteroatoms. The van der Waals surface area contributed by atoms with E-state index in [4.69, 9.17) is 14.9 Å². The van der Waals surface area contributed by atoms with Gasteiger partial charge in [0.2, 0.25) is 0 Å². The molecule has 6 nitrogen and oxygen atoms in total. The first-order chi connectivity index (χ1) is 10.9. The summed E-state index contributed by atoms with van der Waals surface area (Å²) in [6.07, 6.45) is 1.14. The van der Waals surface area contributed by atoms with Gasteiger partial charge in [-0.1, -0.05) is 19.1 Å². The maximum absolute atomic E-state index is 10.8. The van der Waals surface area contributed by atoms with Crippen molar-refractivity contribution in [1.29, 1.82) is 0 Å². The van der Waals surface area contributed by atoms with E-state index in [1.54, 1.807) is 31.4 Å². The van der Waals surface area contributed by atoms with Gasteiger partial charge in [0.05, 0.1) is 19.1 Å². The van der Waals surface area contributed by atoms with Crippen molar-refractivity contribution in [3.05, 3.63) is 29.8 Å². The molecular weight excluding hydrogens is 300 g/mol. The Morgan fingerprint density at radius 1 is 1.17 bits per heavy atom. The SMILES string of the molecule is CCC(Cc1ccc(O)cc1)C(=O)O.COCCOCC(C)=O. The largest absolute Gasteiger partial charge is 0.508 e. The summed E-state index contributed by atoms with van der Waals surface area (Å²) in [5, 5.41) is 17.9. The number of carbonyl (C=O) groups is 2. The lowest BCUT2D eigenvalue weighted by Crippen LogP contribution is -2.15. The van der Waals surface area contributed by atoms with Crippen LogP contribution < -0.4 is 0 Å². The molecule has 0 aliphatic rings. The molecular formula is C17H26O6. The number of methoxy groups -OCH3 is 1. The molecule has 23 heavy (non-hydrogen) atoms. The predicted octanol–water partition coefficient (Wildman–Crippen LogP) is 2.28. The highest BCUT2D eigenvalue weighted by Crippen LogP contribution is 2.15. The quantitative estimate of drug-likeness (QED) is 0.676. The minimum absolute atomic E-state index is 0.0473. The number of phenols is 1. The van der Waals surface area contributed by atoms with Gasteiger partial charge in [-0.15, -0.1) is 0 Å². The second-order valence-corrected chi connectivity index (χ2v) is 5.06. The van der Waals surface area contributed by atoms with Gasteiger partial charge < -0.3 is 19.7 Å². The summed E-state index contributed by atoms with van der Waals surface area (Å²) >= 11 is 0. The van der Waals surface area contributed by atoms with Gasteiger partial charge in [0.25, 0.3) is 0 Å². The highest BCUT2D eigenvalue weighted by molar-refractivity contribution is 5.76. The van der Waals surface area contributed by atoms with Crippen LogP contribution in [0.4, 0.5) is 0 Å². The summed E-state index contributed by atoms with van der Waals surface area (Å²) in [4.78, 5) is 21.0. The van der Waals surface area contributed by atoms with Crippen molar-refractivity contribution in [2.24, 2.45) is 5.92 Å². The molecule has 0 saturated carbocycles. The molecule has 0 bridgehead atoms. The minimum Gasteiger partial charge on any atom is -0.508 e. The Labute approximate surface area is 137 Å². The lowest BCUT2D eigenvalue weighted by atomic mass is 9.97. The van der Waals surface area contributed by atoms with Crippen LogP contribution in [0.15, 0.2) is 24.3 Å². The van der Waals surface area contributed by atoms with E-state index in [9.17, 15) is 9.59 Å². The van der Waals surface area contributed by atoms with E-state index in [0.717, 1.165) is 5.56 Å². The van der Waals surface area contributed by atoms with E-state index in [1.165, 1.54) is 6.92 Å². The summed E-state index contributed by atoms with van der Waals surface area (Å²) in [6.45, 7) is 4.60. The smallest absolute Gasteiger partial charge is 0.306 e. The number of carboxylic acids is 1. The Morgan fingerprint density at radius 3 is 2.22 bits per heavy atom. The van der Waals surface area contributed by atoms with Crippen LogP contribution >= 0.6 is 0 Å². The molecule has 0 aliphatic heterocycles. The Morgan fingerprint density at radius 2 is 1.78 bits per heavy atom. The zero-order chi connectivity index (χ0) is 17.7. The Bertz CT molecular complexity index is 455. The summed E-state index contributed by atoms with van der Waals surface area (Å²) in [5.41, 5.74) is 0.942. The monoisotopic (exact) mass is 326 g/mol. The van der Waals surface area contributed by atoms with Crippen molar-refractivity contribution < 1.29 is 29.3 Å². The number of ether oxygens (including phenoxy) is 2. The van der Waals surface area contributed by atoms with E-state index in [0.29, 0.717) is 26.1 Å². The molecule has 0 radical (unpaired) electrons. The number of Topliss-reactive ketones (excluding diaryl/α,β-unsaturated/α-hetero) is 1. The Balaban J connectivity index is 0.000000468. The molecule has 0 fully saturated rings. The highest BCUT2D eigenvalue weighted by atomic mass is 16.5. The lowest BCUT2D eigenvalue weighted by molar-refractivity contribution is -0.141. The first kappa shape index (κ1) is 21.1. The summed E-state index contributed by atoms with van der Waals surface area (Å²) in [5.74, 6) is -0.844. The average molecular weight is 326 g/mol. The molecule has 1 aromatic rings. The number of hydrogen-bond donors (Lipinski definition) is 2. The van der Waals surface area contributed by atoms with Crippen LogP contribution in [0.2, 0.25) is 0 Å². The molecule has 0 heterocycles. The van der Waals surface area contributed by atoms with Crippen LogP contribution in [0.5, 0.6) is 5.75 Å². The maximum Gasteiger partial charge on any atom is 0.306 e. The van der Waals surface area contributed by atoms with E-state index < -0.39 is 5.97 Å². The number of carbonyl (C=O) groups excluding carboxylic acids is 1. The number of phenolic OH excluding ortho intramolecular Hbond substituents is 1. The summed E-state index contributed by atoms with van der Waals surface area (Å²) < 4.78 is 9.55. The van der Waals surface area contributed by atoms with Crippen molar-refractivity contribution in [2.75, 3.05) is 26.9 Å². The second-order valence-electron chi connectivity index (χ2n) is 5.06. The average Bonchev–Trinajstić information content (AvgIpc) is 2.51. The van der Waals surface area contributed by atoms with Crippen molar-refractivity contribution >= 4 is 11.8 Å². The molecule has 0 spiro atoms. The number of rotatable bonds is 9. The summed E-state index contributed by atoms with van der Waals surface area (Å²) in [6, 6.07) is 6.65. The number of aliphatic carboxylic acids is 1. The van der Waals surface area contributed by atoms with Crippen molar-refractivity contribution in [2.45, 2.75) is 26.7 Å². The van der Waals surface area contributed by atoms with Gasteiger partial charge in [-0.3, -0.25) is 9.59 Å². The third-order valence-corrected chi connectivity index (χ3v) is 3.00. The van der Waals surface area contributed by atoms with Gasteiger partial charge in [0.1, 0.15) is 12.4 Å². The highest BCUT2D eigenvalue weighted by Gasteiger charge is 2.15. The van der Waals surface area contributed by atoms with Crippen LogP contribution in [0.3, 0.4) is 0 Å². The number of hydrogen-bond acceptors (Lipinski definition) is 5. The second kappa shape index (κ2) is 12.6. The molecule has 0 amide bonds. The first-order valence-corrected chi connectivity index (χ1v) is 7.47. The van der Waals surface area contributed by atoms with Gasteiger partial charge in [-0.2, -0.15) is 0 Å². The van der Waals surface area contributed by atoms with E-state index in [2.05, 4.69) is 4.74 Å². The number of ketones is 1. The third kappa shape index (κ3) is 11.3. The van der Waals surface area contributed by atoms with Crippen LogP contribution in [0.1, 0.15) is 25.8 Å². The molecule has 0 aliphatic carbocycles. The molecule has 1 atom stereocenters. The van der Waals surface area contributed by atoms with Crippen molar-refractivity contribution in [3.63, 3.8) is 0 Å². The van der Waals surface area contributed by atoms with Crippen LogP contribution in [-0.4, -0.2) is 48.9 Å². The molecule has 2 N–H and O–H groups in total. The van der Waals surface area contributed by atoms with Gasteiger partial charge in [0, 0.05) is 7.11 Å². The first-order valence-electron chi connectivity index (χ1n) is 7.47. The van der Waals surface area contributed by atoms with E-state index >= 15 is 0 Å². The fourth-order valence-corrected chi connectivity index (χ4v) is 1.68. The van der Waals surface area contributed by atoms with Crippen LogP contribution in [0, 0.1) is 5.92 Å². The molecule has 130 valence electrons. The van der Waals surface area contributed by atoms with Crippen molar-refractivity contribution in [3.8, 4) is 5.75 Å². The van der Waals surface area contributed by atoms with Gasteiger partial charge in [-0.05, 0) is 37.5 Å². The number of benzene rings is 1. The Kier molecular flexibility index (Phi) is 11.6. The molecule has 1 rings (SSSR count). The van der Waals surface area contributed by atoms with Gasteiger partial charge in [0.15, 0.2) is 5.78 Å². The van der Waals surface area contributed by atoms with Crippen LogP contribution in [-0.2, 0) is 25.5 Å².